The predicted molar refractivity (Wildman–Crippen MR) is 124 cm³/mol. The Morgan fingerprint density at radius 1 is 1.03 bits per heavy atom. The van der Waals surface area contributed by atoms with Crippen molar-refractivity contribution in [2.45, 2.75) is 13.0 Å². The number of fused-ring (bicyclic) bond motifs is 1. The summed E-state index contributed by atoms with van der Waals surface area (Å²) in [5, 5.41) is 14.7. The fourth-order valence-electron chi connectivity index (χ4n) is 3.91. The summed E-state index contributed by atoms with van der Waals surface area (Å²) in [5.41, 5.74) is 3.63. The second-order valence-corrected chi connectivity index (χ2v) is 7.96. The second kappa shape index (κ2) is 8.86. The number of carbonyl (C=O) groups is 1. The minimum atomic E-state index is -0.852. The van der Waals surface area contributed by atoms with Crippen LogP contribution in [0, 0.1) is 18.6 Å². The van der Waals surface area contributed by atoms with E-state index in [9.17, 15) is 13.6 Å². The first-order chi connectivity index (χ1) is 16.5. The van der Waals surface area contributed by atoms with E-state index in [1.165, 1.54) is 6.07 Å². The van der Waals surface area contributed by atoms with Gasteiger partial charge in [-0.25, -0.2) is 8.78 Å². The molecule has 0 radical (unpaired) electrons. The molecule has 1 aliphatic heterocycles. The third-order valence-electron chi connectivity index (χ3n) is 5.58. The third-order valence-corrected chi connectivity index (χ3v) is 5.58. The Balaban J connectivity index is 1.52. The molecule has 0 spiro atoms. The summed E-state index contributed by atoms with van der Waals surface area (Å²) >= 11 is 0. The fourth-order valence-corrected chi connectivity index (χ4v) is 3.91. The highest BCUT2D eigenvalue weighted by Crippen LogP contribution is 2.36. The number of benzene rings is 3. The number of aryl methyl sites for hydroxylation is 1. The number of halogens is 2. The monoisotopic (exact) mass is 458 g/mol. The first kappa shape index (κ1) is 21.4. The van der Waals surface area contributed by atoms with E-state index in [0.717, 1.165) is 34.5 Å². The van der Waals surface area contributed by atoms with E-state index in [0.29, 0.717) is 5.95 Å². The molecule has 0 bridgehead atoms. The number of hydrogen-bond donors (Lipinski definition) is 1. The van der Waals surface area contributed by atoms with Gasteiger partial charge in [-0.15, -0.1) is 0 Å². The Labute approximate surface area is 194 Å². The summed E-state index contributed by atoms with van der Waals surface area (Å²) in [5.74, 6) is -1.70. The quantitative estimate of drug-likeness (QED) is 0.481. The summed E-state index contributed by atoms with van der Waals surface area (Å²) in [6.45, 7) is 1.83. The van der Waals surface area contributed by atoms with Gasteiger partial charge in [0.15, 0.2) is 0 Å². The van der Waals surface area contributed by atoms with Crippen LogP contribution in [-0.4, -0.2) is 32.7 Å². The Kier molecular flexibility index (Phi) is 5.59. The normalized spacial score (nSPS) is 15.0. The number of tetrazole rings is 1. The Hall–Kier alpha value is -4.40. The predicted octanol–water partition coefficient (Wildman–Crippen LogP) is 4.35. The van der Waals surface area contributed by atoms with Crippen LogP contribution in [-0.2, 0) is 4.79 Å². The molecule has 1 atom stereocenters. The number of amides is 1. The molecular weight excluding hydrogens is 438 g/mol. The lowest BCUT2D eigenvalue weighted by molar-refractivity contribution is -0.114. The zero-order valence-electron chi connectivity index (χ0n) is 18.2. The molecule has 2 heterocycles. The molecule has 9 heteroatoms. The topological polar surface area (TPSA) is 75.9 Å². The summed E-state index contributed by atoms with van der Waals surface area (Å²) in [7, 11) is 0. The number of anilines is 2. The Morgan fingerprint density at radius 3 is 2.53 bits per heavy atom. The zero-order valence-corrected chi connectivity index (χ0v) is 18.2. The van der Waals surface area contributed by atoms with Crippen molar-refractivity contribution < 1.29 is 13.6 Å². The minimum absolute atomic E-state index is 0.106. The number of aromatic nitrogens is 4. The van der Waals surface area contributed by atoms with Crippen molar-refractivity contribution in [3.8, 4) is 0 Å². The van der Waals surface area contributed by atoms with E-state index >= 15 is 0 Å². The van der Waals surface area contributed by atoms with Crippen LogP contribution in [0.2, 0.25) is 0 Å². The molecule has 3 aromatic carbocycles. The molecule has 1 unspecified atom stereocenters. The van der Waals surface area contributed by atoms with Crippen LogP contribution in [0.1, 0.15) is 22.7 Å². The Morgan fingerprint density at radius 2 is 1.79 bits per heavy atom. The maximum absolute atomic E-state index is 14.1. The van der Waals surface area contributed by atoms with E-state index in [1.54, 1.807) is 9.58 Å². The highest BCUT2D eigenvalue weighted by atomic mass is 19.1. The second-order valence-electron chi connectivity index (χ2n) is 7.96. The molecule has 0 saturated heterocycles. The largest absolute Gasteiger partial charge is 0.322 e. The molecule has 0 saturated carbocycles. The minimum Gasteiger partial charge on any atom is -0.322 e. The average molecular weight is 458 g/mol. The molecule has 170 valence electrons. The summed E-state index contributed by atoms with van der Waals surface area (Å²) in [6.07, 6.45) is 2.00. The smallest absolute Gasteiger partial charge is 0.251 e. The number of nitrogens with one attached hydrogen (secondary N) is 1. The summed E-state index contributed by atoms with van der Waals surface area (Å²) in [6, 6.07) is 20.4. The number of carbonyl (C=O) groups excluding carboxylic acids is 1. The highest BCUT2D eigenvalue weighted by molar-refractivity contribution is 5.97. The van der Waals surface area contributed by atoms with Crippen molar-refractivity contribution in [3.05, 3.63) is 107 Å². The van der Waals surface area contributed by atoms with Gasteiger partial charge >= 0.3 is 0 Å². The lowest BCUT2D eigenvalue weighted by atomic mass is 10.00. The molecule has 1 amide bonds. The van der Waals surface area contributed by atoms with Gasteiger partial charge in [-0.1, -0.05) is 65.3 Å². The highest BCUT2D eigenvalue weighted by Gasteiger charge is 2.32. The molecular formula is C25H20F2N6O. The van der Waals surface area contributed by atoms with Crippen LogP contribution in [0.3, 0.4) is 0 Å². The molecule has 5 rings (SSSR count). The van der Waals surface area contributed by atoms with Crippen LogP contribution in [0.15, 0.2) is 78.9 Å². The van der Waals surface area contributed by atoms with E-state index in [1.807, 2.05) is 67.6 Å². The van der Waals surface area contributed by atoms with E-state index in [2.05, 4.69) is 20.8 Å². The van der Waals surface area contributed by atoms with Gasteiger partial charge in [0.2, 0.25) is 5.91 Å². The van der Waals surface area contributed by atoms with Gasteiger partial charge in [0.05, 0.1) is 11.4 Å². The van der Waals surface area contributed by atoms with Crippen molar-refractivity contribution in [1.82, 2.24) is 20.2 Å². The number of nitrogens with zero attached hydrogens (tertiary/aromatic N) is 5. The lowest BCUT2D eigenvalue weighted by Crippen LogP contribution is -2.37. The molecule has 34 heavy (non-hydrogen) atoms. The summed E-state index contributed by atoms with van der Waals surface area (Å²) < 4.78 is 28.9. The number of allylic oxidation sites excluding steroid dienone is 1. The van der Waals surface area contributed by atoms with Gasteiger partial charge in [-0.05, 0) is 46.7 Å². The van der Waals surface area contributed by atoms with Gasteiger partial charge in [0.25, 0.3) is 5.95 Å². The number of hydrogen-bond acceptors (Lipinski definition) is 5. The first-order valence-corrected chi connectivity index (χ1v) is 10.6. The van der Waals surface area contributed by atoms with Crippen LogP contribution in [0.5, 0.6) is 0 Å². The average Bonchev–Trinajstić information content (AvgIpc) is 3.33. The van der Waals surface area contributed by atoms with Crippen LogP contribution >= 0.6 is 0 Å². The van der Waals surface area contributed by atoms with Crippen LogP contribution in [0.25, 0.3) is 5.70 Å². The van der Waals surface area contributed by atoms with E-state index < -0.39 is 17.5 Å². The van der Waals surface area contributed by atoms with Gasteiger partial charge in [-0.2, -0.15) is 4.68 Å². The zero-order chi connectivity index (χ0) is 23.7. The molecule has 1 aromatic heterocycles. The molecule has 0 aliphatic carbocycles. The lowest BCUT2D eigenvalue weighted by Gasteiger charge is -2.32. The molecule has 7 nitrogen and oxygen atoms in total. The van der Waals surface area contributed by atoms with Gasteiger partial charge in [0.1, 0.15) is 24.2 Å². The molecule has 1 N–H and O–H groups in total. The van der Waals surface area contributed by atoms with Crippen molar-refractivity contribution in [3.63, 3.8) is 0 Å². The van der Waals surface area contributed by atoms with Gasteiger partial charge < -0.3 is 5.32 Å². The SMILES string of the molecule is Cc1ccc(C2C=C(c3ccccc3)N(CC(=O)Nc3ccc(F)cc3F)c3nnnn32)cc1. The van der Waals surface area contributed by atoms with Gasteiger partial charge in [0, 0.05) is 6.07 Å². The van der Waals surface area contributed by atoms with Crippen molar-refractivity contribution >= 4 is 23.2 Å². The Bertz CT molecular complexity index is 1370. The van der Waals surface area contributed by atoms with Crippen LogP contribution in [0.4, 0.5) is 20.4 Å². The standard InChI is InChI=1S/C25H20F2N6O/c1-16-7-9-18(10-8-16)23-14-22(17-5-3-2-4-6-17)32(25-29-30-31-33(23)25)15-24(34)28-21-12-11-19(26)13-20(21)27/h2-14,23H,15H2,1H3,(H,28,34). The third kappa shape index (κ3) is 4.15. The molecule has 4 aromatic rings. The molecule has 1 aliphatic rings. The summed E-state index contributed by atoms with van der Waals surface area (Å²) in [4.78, 5) is 14.6. The fraction of sp³-hybridized carbons (Fsp3) is 0.120. The van der Waals surface area contributed by atoms with Crippen molar-refractivity contribution in [1.29, 1.82) is 0 Å². The maximum Gasteiger partial charge on any atom is 0.251 e. The van der Waals surface area contributed by atoms with E-state index in [-0.39, 0.29) is 18.3 Å². The van der Waals surface area contributed by atoms with Crippen LogP contribution < -0.4 is 10.2 Å². The van der Waals surface area contributed by atoms with E-state index in [4.69, 9.17) is 0 Å². The maximum atomic E-state index is 14.1. The van der Waals surface area contributed by atoms with Crippen molar-refractivity contribution in [2.75, 3.05) is 16.8 Å². The van der Waals surface area contributed by atoms with Crippen molar-refractivity contribution in [2.24, 2.45) is 0 Å². The number of rotatable bonds is 5. The van der Waals surface area contributed by atoms with Gasteiger partial charge in [-0.3, -0.25) is 9.69 Å². The first-order valence-electron chi connectivity index (χ1n) is 10.6. The molecule has 0 fully saturated rings.